The quantitative estimate of drug-likeness (QED) is 0.709. The topological polar surface area (TPSA) is 39.7 Å². The molecular weight excluding hydrogens is 234 g/mol. The van der Waals surface area contributed by atoms with Crippen molar-refractivity contribution in [1.29, 1.82) is 0 Å². The number of ether oxygens (including phenoxy) is 1. The van der Waals surface area contributed by atoms with Crippen LogP contribution in [0.5, 0.6) is 0 Å². The maximum absolute atomic E-state index is 5.87. The molecule has 0 spiro atoms. The van der Waals surface area contributed by atoms with E-state index in [0.29, 0.717) is 12.0 Å². The molecule has 1 N–H and O–H groups in total. The zero-order valence-electron chi connectivity index (χ0n) is 11.6. The SMILES string of the molecule is CCO[Si](C)(CC(C)C1CNCCO1)OCC. The minimum absolute atomic E-state index is 0.302. The molecule has 0 aromatic heterocycles. The lowest BCUT2D eigenvalue weighted by atomic mass is 10.1. The minimum Gasteiger partial charge on any atom is -0.395 e. The molecule has 0 saturated carbocycles. The van der Waals surface area contributed by atoms with Crippen molar-refractivity contribution in [1.82, 2.24) is 5.32 Å². The fourth-order valence-corrected chi connectivity index (χ4v) is 5.41. The summed E-state index contributed by atoms with van der Waals surface area (Å²) >= 11 is 0. The first kappa shape index (κ1) is 15.1. The van der Waals surface area contributed by atoms with Crippen LogP contribution in [-0.2, 0) is 13.6 Å². The molecule has 102 valence electrons. The van der Waals surface area contributed by atoms with Crippen molar-refractivity contribution in [2.45, 2.75) is 39.5 Å². The summed E-state index contributed by atoms with van der Waals surface area (Å²) in [5.74, 6) is 0.484. The Labute approximate surface area is 106 Å². The van der Waals surface area contributed by atoms with Gasteiger partial charge in [0.1, 0.15) is 0 Å². The largest absolute Gasteiger partial charge is 0.395 e. The van der Waals surface area contributed by atoms with Crippen LogP contribution in [0, 0.1) is 5.92 Å². The van der Waals surface area contributed by atoms with Gasteiger partial charge in [0.2, 0.25) is 0 Å². The molecular formula is C12H27NO3Si. The van der Waals surface area contributed by atoms with Crippen LogP contribution in [0.4, 0.5) is 0 Å². The Kier molecular flexibility index (Phi) is 6.65. The van der Waals surface area contributed by atoms with Gasteiger partial charge in [-0.1, -0.05) is 6.92 Å². The van der Waals surface area contributed by atoms with Crippen LogP contribution >= 0.6 is 0 Å². The van der Waals surface area contributed by atoms with E-state index in [-0.39, 0.29) is 0 Å². The summed E-state index contributed by atoms with van der Waals surface area (Å²) in [5.41, 5.74) is 0. The number of hydrogen-bond acceptors (Lipinski definition) is 4. The molecule has 0 aromatic rings. The molecule has 0 bridgehead atoms. The highest BCUT2D eigenvalue weighted by atomic mass is 28.4. The van der Waals surface area contributed by atoms with E-state index in [9.17, 15) is 0 Å². The first-order valence-electron chi connectivity index (χ1n) is 6.71. The number of hydrogen-bond donors (Lipinski definition) is 1. The average molecular weight is 261 g/mol. The van der Waals surface area contributed by atoms with Crippen molar-refractivity contribution in [2.75, 3.05) is 32.9 Å². The van der Waals surface area contributed by atoms with Gasteiger partial charge in [-0.05, 0) is 32.4 Å². The fourth-order valence-electron chi connectivity index (χ4n) is 2.44. The normalized spacial score (nSPS) is 23.6. The van der Waals surface area contributed by atoms with E-state index in [0.717, 1.165) is 39.0 Å². The van der Waals surface area contributed by atoms with Crippen LogP contribution in [0.1, 0.15) is 20.8 Å². The molecule has 1 heterocycles. The molecule has 1 aliphatic rings. The van der Waals surface area contributed by atoms with Gasteiger partial charge in [-0.2, -0.15) is 0 Å². The summed E-state index contributed by atoms with van der Waals surface area (Å²) in [6, 6.07) is 1.00. The van der Waals surface area contributed by atoms with E-state index in [1.807, 2.05) is 13.8 Å². The van der Waals surface area contributed by atoms with Crippen LogP contribution in [0.15, 0.2) is 0 Å². The van der Waals surface area contributed by atoms with Crippen molar-refractivity contribution in [2.24, 2.45) is 5.92 Å². The summed E-state index contributed by atoms with van der Waals surface area (Å²) in [6.45, 7) is 12.7. The highest BCUT2D eigenvalue weighted by molar-refractivity contribution is 6.66. The molecule has 17 heavy (non-hydrogen) atoms. The molecule has 2 atom stereocenters. The highest BCUT2D eigenvalue weighted by Gasteiger charge is 2.36. The van der Waals surface area contributed by atoms with Crippen LogP contribution < -0.4 is 5.32 Å². The van der Waals surface area contributed by atoms with Crippen molar-refractivity contribution >= 4 is 8.56 Å². The molecule has 1 fully saturated rings. The van der Waals surface area contributed by atoms with Gasteiger partial charge in [0.15, 0.2) is 0 Å². The Balaban J connectivity index is 2.46. The zero-order chi connectivity index (χ0) is 12.7. The maximum Gasteiger partial charge on any atom is 0.335 e. The fraction of sp³-hybridized carbons (Fsp3) is 1.00. The Morgan fingerprint density at radius 1 is 1.35 bits per heavy atom. The predicted octanol–water partition coefficient (Wildman–Crippen LogP) is 1.76. The summed E-state index contributed by atoms with van der Waals surface area (Å²) in [7, 11) is -2.00. The smallest absolute Gasteiger partial charge is 0.335 e. The number of rotatable bonds is 7. The van der Waals surface area contributed by atoms with Crippen LogP contribution in [-0.4, -0.2) is 47.6 Å². The van der Waals surface area contributed by atoms with Crippen molar-refractivity contribution in [3.05, 3.63) is 0 Å². The van der Waals surface area contributed by atoms with Crippen LogP contribution in [0.3, 0.4) is 0 Å². The minimum atomic E-state index is -2.00. The van der Waals surface area contributed by atoms with Gasteiger partial charge in [0, 0.05) is 26.3 Å². The van der Waals surface area contributed by atoms with Gasteiger partial charge < -0.3 is 18.9 Å². The average Bonchev–Trinajstić information content (AvgIpc) is 2.30. The second kappa shape index (κ2) is 7.48. The summed E-state index contributed by atoms with van der Waals surface area (Å²) in [5, 5.41) is 3.37. The molecule has 0 amide bonds. The van der Waals surface area contributed by atoms with Crippen LogP contribution in [0.25, 0.3) is 0 Å². The van der Waals surface area contributed by atoms with Crippen molar-refractivity contribution < 1.29 is 13.6 Å². The van der Waals surface area contributed by atoms with Crippen molar-refractivity contribution in [3.8, 4) is 0 Å². The molecule has 0 aliphatic carbocycles. The highest BCUT2D eigenvalue weighted by Crippen LogP contribution is 2.24. The standard InChI is InChI=1S/C12H27NO3Si/c1-5-15-17(4,16-6-2)10-11(3)12-9-13-7-8-14-12/h11-13H,5-10H2,1-4H3. The van der Waals surface area contributed by atoms with Gasteiger partial charge in [0.25, 0.3) is 0 Å². The van der Waals surface area contributed by atoms with Gasteiger partial charge >= 0.3 is 8.56 Å². The van der Waals surface area contributed by atoms with E-state index in [1.54, 1.807) is 0 Å². The molecule has 0 radical (unpaired) electrons. The Morgan fingerprint density at radius 2 is 2.00 bits per heavy atom. The molecule has 0 aromatic carbocycles. The van der Waals surface area contributed by atoms with E-state index < -0.39 is 8.56 Å². The lowest BCUT2D eigenvalue weighted by Crippen LogP contribution is -2.47. The molecule has 1 rings (SSSR count). The molecule has 4 nitrogen and oxygen atoms in total. The van der Waals surface area contributed by atoms with Gasteiger partial charge in [-0.3, -0.25) is 0 Å². The van der Waals surface area contributed by atoms with Gasteiger partial charge in [-0.25, -0.2) is 0 Å². The van der Waals surface area contributed by atoms with E-state index in [2.05, 4.69) is 18.8 Å². The molecule has 1 saturated heterocycles. The molecule has 2 unspecified atom stereocenters. The lowest BCUT2D eigenvalue weighted by molar-refractivity contribution is -0.00248. The van der Waals surface area contributed by atoms with E-state index in [1.165, 1.54) is 0 Å². The lowest BCUT2D eigenvalue weighted by Gasteiger charge is -2.34. The third kappa shape index (κ3) is 5.05. The summed E-state index contributed by atoms with van der Waals surface area (Å²) in [6.07, 6.45) is 0.302. The third-order valence-corrected chi connectivity index (χ3v) is 6.37. The maximum atomic E-state index is 5.87. The van der Waals surface area contributed by atoms with Crippen molar-refractivity contribution in [3.63, 3.8) is 0 Å². The van der Waals surface area contributed by atoms with Crippen LogP contribution in [0.2, 0.25) is 12.6 Å². The zero-order valence-corrected chi connectivity index (χ0v) is 12.6. The summed E-state index contributed by atoms with van der Waals surface area (Å²) < 4.78 is 17.5. The number of nitrogens with one attached hydrogen (secondary N) is 1. The first-order valence-corrected chi connectivity index (χ1v) is 9.24. The third-order valence-electron chi connectivity index (χ3n) is 3.18. The van der Waals surface area contributed by atoms with Gasteiger partial charge in [0.05, 0.1) is 12.7 Å². The molecule has 5 heteroatoms. The van der Waals surface area contributed by atoms with Gasteiger partial charge in [-0.15, -0.1) is 0 Å². The van der Waals surface area contributed by atoms with E-state index in [4.69, 9.17) is 13.6 Å². The Bertz CT molecular complexity index is 204. The second-order valence-electron chi connectivity index (χ2n) is 4.79. The first-order chi connectivity index (χ1) is 8.11. The Hall–Kier alpha value is 0.0569. The monoisotopic (exact) mass is 261 g/mol. The molecule has 1 aliphatic heterocycles. The second-order valence-corrected chi connectivity index (χ2v) is 8.05. The Morgan fingerprint density at radius 3 is 2.47 bits per heavy atom. The summed E-state index contributed by atoms with van der Waals surface area (Å²) in [4.78, 5) is 0. The van der Waals surface area contributed by atoms with E-state index >= 15 is 0 Å². The predicted molar refractivity (Wildman–Crippen MR) is 71.5 cm³/mol. The number of morpholine rings is 1.